The molecule has 0 spiro atoms. The number of aryl methyl sites for hydroxylation is 2. The van der Waals surface area contributed by atoms with E-state index in [-0.39, 0.29) is 0 Å². The zero-order chi connectivity index (χ0) is 14.5. The molecule has 0 amide bonds. The van der Waals surface area contributed by atoms with Gasteiger partial charge in [0.1, 0.15) is 18.2 Å². The number of rotatable bonds is 5. The van der Waals surface area contributed by atoms with Crippen molar-refractivity contribution in [2.75, 3.05) is 6.61 Å². The molecule has 0 saturated carbocycles. The van der Waals surface area contributed by atoms with Crippen molar-refractivity contribution in [2.24, 2.45) is 5.16 Å². The minimum absolute atomic E-state index is 0.534. The van der Waals surface area contributed by atoms with Gasteiger partial charge in [0.2, 0.25) is 0 Å². The fourth-order valence-corrected chi connectivity index (χ4v) is 2.00. The van der Waals surface area contributed by atoms with Gasteiger partial charge in [-0.1, -0.05) is 16.8 Å². The molecule has 1 aromatic carbocycles. The molecule has 0 radical (unpaired) electrons. The molecule has 0 bridgehead atoms. The van der Waals surface area contributed by atoms with Gasteiger partial charge in [0.15, 0.2) is 0 Å². The SMILES string of the molecule is CC(=NO)c1cc(C)ccc1OCCn1ccnc1C. The topological polar surface area (TPSA) is 59.6 Å². The lowest BCUT2D eigenvalue weighted by molar-refractivity contribution is 0.295. The van der Waals surface area contributed by atoms with E-state index in [4.69, 9.17) is 9.94 Å². The fourth-order valence-electron chi connectivity index (χ4n) is 2.00. The molecule has 0 aliphatic carbocycles. The fraction of sp³-hybridized carbons (Fsp3) is 0.333. The zero-order valence-electron chi connectivity index (χ0n) is 12.0. The van der Waals surface area contributed by atoms with E-state index in [0.717, 1.165) is 29.2 Å². The molecule has 5 nitrogen and oxygen atoms in total. The number of imidazole rings is 1. The lowest BCUT2D eigenvalue weighted by Gasteiger charge is -2.12. The first kappa shape index (κ1) is 14.1. The summed E-state index contributed by atoms with van der Waals surface area (Å²) in [7, 11) is 0. The Morgan fingerprint density at radius 2 is 2.20 bits per heavy atom. The molecule has 0 saturated heterocycles. The van der Waals surface area contributed by atoms with Crippen LogP contribution in [0.25, 0.3) is 0 Å². The lowest BCUT2D eigenvalue weighted by Crippen LogP contribution is -2.10. The van der Waals surface area contributed by atoms with Crippen molar-refractivity contribution in [3.8, 4) is 5.75 Å². The van der Waals surface area contributed by atoms with Gasteiger partial charge in [-0.2, -0.15) is 0 Å². The minimum Gasteiger partial charge on any atom is -0.491 e. The Hall–Kier alpha value is -2.30. The van der Waals surface area contributed by atoms with Crippen LogP contribution in [0.4, 0.5) is 0 Å². The molecule has 2 aromatic rings. The average molecular weight is 273 g/mol. The third-order valence-corrected chi connectivity index (χ3v) is 3.19. The molecule has 5 heteroatoms. The van der Waals surface area contributed by atoms with Crippen LogP contribution in [0, 0.1) is 13.8 Å². The number of aromatic nitrogens is 2. The molecule has 1 heterocycles. The monoisotopic (exact) mass is 273 g/mol. The van der Waals surface area contributed by atoms with Crippen LogP contribution in [0.1, 0.15) is 23.9 Å². The van der Waals surface area contributed by atoms with Crippen LogP contribution in [0.15, 0.2) is 35.7 Å². The minimum atomic E-state index is 0.534. The van der Waals surface area contributed by atoms with Gasteiger partial charge in [-0.05, 0) is 32.9 Å². The Morgan fingerprint density at radius 3 is 2.85 bits per heavy atom. The van der Waals surface area contributed by atoms with Crippen LogP contribution in [0.3, 0.4) is 0 Å². The van der Waals surface area contributed by atoms with Crippen LogP contribution in [0.5, 0.6) is 5.75 Å². The molecule has 0 aliphatic rings. The van der Waals surface area contributed by atoms with Gasteiger partial charge in [-0.3, -0.25) is 0 Å². The summed E-state index contributed by atoms with van der Waals surface area (Å²) in [6.45, 7) is 6.97. The second kappa shape index (κ2) is 6.23. The Kier molecular flexibility index (Phi) is 4.40. The molecule has 0 unspecified atom stereocenters. The number of hydrogen-bond donors (Lipinski definition) is 1. The summed E-state index contributed by atoms with van der Waals surface area (Å²) >= 11 is 0. The average Bonchev–Trinajstić information content (AvgIpc) is 2.85. The maximum Gasteiger partial charge on any atom is 0.128 e. The van der Waals surface area contributed by atoms with Crippen molar-refractivity contribution in [3.05, 3.63) is 47.5 Å². The van der Waals surface area contributed by atoms with Crippen molar-refractivity contribution >= 4 is 5.71 Å². The van der Waals surface area contributed by atoms with Crippen molar-refractivity contribution in [1.82, 2.24) is 9.55 Å². The smallest absolute Gasteiger partial charge is 0.128 e. The quantitative estimate of drug-likeness (QED) is 0.517. The highest BCUT2D eigenvalue weighted by molar-refractivity contribution is 6.00. The van der Waals surface area contributed by atoms with Crippen molar-refractivity contribution in [2.45, 2.75) is 27.3 Å². The van der Waals surface area contributed by atoms with E-state index in [1.807, 2.05) is 42.8 Å². The maximum absolute atomic E-state index is 8.94. The molecule has 1 N–H and O–H groups in total. The molecule has 0 atom stereocenters. The predicted octanol–water partition coefficient (Wildman–Crippen LogP) is 2.78. The van der Waals surface area contributed by atoms with Crippen LogP contribution in [0.2, 0.25) is 0 Å². The Morgan fingerprint density at radius 1 is 1.40 bits per heavy atom. The standard InChI is InChI=1S/C15H19N3O2/c1-11-4-5-15(14(10-11)12(2)17-19)20-9-8-18-7-6-16-13(18)3/h4-7,10,19H,8-9H2,1-3H3. The first-order chi connectivity index (χ1) is 9.61. The molecule has 0 aliphatic heterocycles. The summed E-state index contributed by atoms with van der Waals surface area (Å²) in [5, 5.41) is 12.2. The highest BCUT2D eigenvalue weighted by Crippen LogP contribution is 2.21. The number of benzene rings is 1. The third-order valence-electron chi connectivity index (χ3n) is 3.19. The number of ether oxygens (including phenoxy) is 1. The molecule has 1 aromatic heterocycles. The van der Waals surface area contributed by atoms with Crippen LogP contribution in [-0.4, -0.2) is 27.1 Å². The largest absolute Gasteiger partial charge is 0.491 e. The van der Waals surface area contributed by atoms with Crippen molar-refractivity contribution in [1.29, 1.82) is 0 Å². The molecular formula is C15H19N3O2. The Bertz CT molecular complexity index is 617. The summed E-state index contributed by atoms with van der Waals surface area (Å²) in [6.07, 6.45) is 3.70. The number of oxime groups is 1. The third kappa shape index (κ3) is 3.17. The van der Waals surface area contributed by atoms with Crippen molar-refractivity contribution in [3.63, 3.8) is 0 Å². The van der Waals surface area contributed by atoms with E-state index < -0.39 is 0 Å². The molecular weight excluding hydrogens is 254 g/mol. The summed E-state index contributed by atoms with van der Waals surface area (Å²) in [6, 6.07) is 5.83. The highest BCUT2D eigenvalue weighted by Gasteiger charge is 2.08. The van der Waals surface area contributed by atoms with Crippen LogP contribution >= 0.6 is 0 Å². The Labute approximate surface area is 118 Å². The second-order valence-electron chi connectivity index (χ2n) is 4.70. The summed E-state index contributed by atoms with van der Waals surface area (Å²) in [5.74, 6) is 1.69. The van der Waals surface area contributed by atoms with Gasteiger partial charge >= 0.3 is 0 Å². The first-order valence-electron chi connectivity index (χ1n) is 6.52. The van der Waals surface area contributed by atoms with E-state index >= 15 is 0 Å². The zero-order valence-corrected chi connectivity index (χ0v) is 12.0. The van der Waals surface area contributed by atoms with E-state index in [0.29, 0.717) is 12.3 Å². The molecule has 0 fully saturated rings. The van der Waals surface area contributed by atoms with Gasteiger partial charge in [0, 0.05) is 18.0 Å². The summed E-state index contributed by atoms with van der Waals surface area (Å²) in [5.41, 5.74) is 2.46. The van der Waals surface area contributed by atoms with E-state index in [1.165, 1.54) is 0 Å². The van der Waals surface area contributed by atoms with E-state index in [9.17, 15) is 0 Å². The lowest BCUT2D eigenvalue weighted by atomic mass is 10.1. The highest BCUT2D eigenvalue weighted by atomic mass is 16.5. The number of nitrogens with zero attached hydrogens (tertiary/aromatic N) is 3. The predicted molar refractivity (Wildman–Crippen MR) is 77.6 cm³/mol. The van der Waals surface area contributed by atoms with Gasteiger partial charge in [-0.15, -0.1) is 0 Å². The van der Waals surface area contributed by atoms with E-state index in [2.05, 4.69) is 10.1 Å². The number of hydrogen-bond acceptors (Lipinski definition) is 4. The van der Waals surface area contributed by atoms with Crippen molar-refractivity contribution < 1.29 is 9.94 Å². The second-order valence-corrected chi connectivity index (χ2v) is 4.70. The maximum atomic E-state index is 8.94. The van der Waals surface area contributed by atoms with Gasteiger partial charge in [0.05, 0.1) is 12.3 Å². The Balaban J connectivity index is 2.08. The normalized spacial score (nSPS) is 11.7. The summed E-state index contributed by atoms with van der Waals surface area (Å²) in [4.78, 5) is 4.17. The van der Waals surface area contributed by atoms with Gasteiger partial charge in [0.25, 0.3) is 0 Å². The van der Waals surface area contributed by atoms with Gasteiger partial charge < -0.3 is 14.5 Å². The van der Waals surface area contributed by atoms with Gasteiger partial charge in [-0.25, -0.2) is 4.98 Å². The molecule has 106 valence electrons. The van der Waals surface area contributed by atoms with Crippen LogP contribution in [-0.2, 0) is 6.54 Å². The molecule has 20 heavy (non-hydrogen) atoms. The summed E-state index contributed by atoms with van der Waals surface area (Å²) < 4.78 is 7.83. The first-order valence-corrected chi connectivity index (χ1v) is 6.52. The van der Waals surface area contributed by atoms with Crippen LogP contribution < -0.4 is 4.74 Å². The molecule has 2 rings (SSSR count). The van der Waals surface area contributed by atoms with E-state index in [1.54, 1.807) is 13.1 Å².